The average Bonchev–Trinajstić information content (AvgIpc) is 3.10. The van der Waals surface area contributed by atoms with Gasteiger partial charge < -0.3 is 14.4 Å². The summed E-state index contributed by atoms with van der Waals surface area (Å²) in [5, 5.41) is 5.04. The molecule has 1 saturated heterocycles. The van der Waals surface area contributed by atoms with E-state index in [2.05, 4.69) is 17.0 Å². The summed E-state index contributed by atoms with van der Waals surface area (Å²) in [5.41, 5.74) is 2.42. The molecule has 2 unspecified atom stereocenters. The maximum Gasteiger partial charge on any atom is 0.359 e. The summed E-state index contributed by atoms with van der Waals surface area (Å²) >= 11 is 6.17. The maximum atomic E-state index is 13.2. The van der Waals surface area contributed by atoms with Crippen LogP contribution in [0.2, 0.25) is 5.02 Å². The summed E-state index contributed by atoms with van der Waals surface area (Å²) in [6.07, 6.45) is 3.88. The molecule has 3 aliphatic rings. The van der Waals surface area contributed by atoms with E-state index in [4.69, 9.17) is 21.1 Å². The van der Waals surface area contributed by atoms with Crippen LogP contribution < -0.4 is 4.74 Å². The highest BCUT2D eigenvalue weighted by molar-refractivity contribution is 6.31. The van der Waals surface area contributed by atoms with Crippen molar-refractivity contribution >= 4 is 23.5 Å². The Morgan fingerprint density at radius 2 is 2.12 bits per heavy atom. The fourth-order valence-corrected chi connectivity index (χ4v) is 5.72. The highest BCUT2D eigenvalue weighted by atomic mass is 35.5. The van der Waals surface area contributed by atoms with Gasteiger partial charge in [0.05, 0.1) is 6.61 Å². The number of halogens is 1. The summed E-state index contributed by atoms with van der Waals surface area (Å²) in [6, 6.07) is 3.53. The van der Waals surface area contributed by atoms with Gasteiger partial charge in [-0.25, -0.2) is 9.78 Å². The Morgan fingerprint density at radius 3 is 2.85 bits per heavy atom. The van der Waals surface area contributed by atoms with E-state index in [0.717, 1.165) is 17.7 Å². The number of amides is 1. The number of piperidine rings is 1. The van der Waals surface area contributed by atoms with Crippen LogP contribution >= 0.6 is 11.6 Å². The highest BCUT2D eigenvalue weighted by Gasteiger charge is 2.56. The number of hydrogen-bond donors (Lipinski definition) is 0. The summed E-state index contributed by atoms with van der Waals surface area (Å²) in [5.74, 6) is 1.53. The first-order valence-electron chi connectivity index (χ1n) is 11.7. The lowest BCUT2D eigenvalue weighted by atomic mass is 10.0. The van der Waals surface area contributed by atoms with E-state index in [-0.39, 0.29) is 30.6 Å². The molecule has 33 heavy (non-hydrogen) atoms. The van der Waals surface area contributed by atoms with Crippen molar-refractivity contribution in [2.45, 2.75) is 64.6 Å². The first kappa shape index (κ1) is 22.2. The van der Waals surface area contributed by atoms with Crippen molar-refractivity contribution in [3.05, 3.63) is 40.3 Å². The van der Waals surface area contributed by atoms with E-state index in [9.17, 15) is 9.59 Å². The molecule has 176 valence electrons. The molecule has 2 aromatic rings. The highest BCUT2D eigenvalue weighted by Crippen LogP contribution is 2.62. The monoisotopic (exact) mass is 472 g/mol. The molecule has 8 nitrogen and oxygen atoms in total. The molecule has 0 aromatic carbocycles. The number of nitrogens with zero attached hydrogens (tertiary/aromatic N) is 4. The van der Waals surface area contributed by atoms with Gasteiger partial charge in [0.1, 0.15) is 17.7 Å². The lowest BCUT2D eigenvalue weighted by Gasteiger charge is -2.37. The number of fused-ring (bicyclic) bond motifs is 3. The van der Waals surface area contributed by atoms with Gasteiger partial charge in [0.2, 0.25) is 11.8 Å². The third-order valence-corrected chi connectivity index (χ3v) is 7.62. The first-order valence-corrected chi connectivity index (χ1v) is 12.1. The Hall–Kier alpha value is -2.61. The molecule has 1 saturated carbocycles. The van der Waals surface area contributed by atoms with Crippen molar-refractivity contribution in [2.24, 2.45) is 11.8 Å². The van der Waals surface area contributed by atoms with Gasteiger partial charge >= 0.3 is 5.97 Å². The van der Waals surface area contributed by atoms with Crippen LogP contribution in [0.3, 0.4) is 0 Å². The molecule has 2 aliphatic carbocycles. The minimum atomic E-state index is -0.390. The van der Waals surface area contributed by atoms with Gasteiger partial charge in [0.15, 0.2) is 5.69 Å². The molecule has 1 amide bonds. The van der Waals surface area contributed by atoms with Crippen LogP contribution in [0, 0.1) is 11.8 Å². The topological polar surface area (TPSA) is 86.5 Å². The normalized spacial score (nSPS) is 27.6. The van der Waals surface area contributed by atoms with Gasteiger partial charge in [0.25, 0.3) is 0 Å². The maximum absolute atomic E-state index is 13.2. The molecule has 0 bridgehead atoms. The first-order chi connectivity index (χ1) is 15.9. The van der Waals surface area contributed by atoms with E-state index in [1.54, 1.807) is 29.9 Å². The van der Waals surface area contributed by atoms with Crippen LogP contribution in [0.4, 0.5) is 0 Å². The van der Waals surface area contributed by atoms with Crippen molar-refractivity contribution in [2.75, 3.05) is 13.2 Å². The number of likely N-dealkylation sites (tertiary alicyclic amines) is 1. The summed E-state index contributed by atoms with van der Waals surface area (Å²) < 4.78 is 13.0. The van der Waals surface area contributed by atoms with Gasteiger partial charge in [-0.05, 0) is 50.2 Å². The number of esters is 1. The van der Waals surface area contributed by atoms with E-state index < -0.39 is 0 Å². The van der Waals surface area contributed by atoms with Crippen molar-refractivity contribution in [1.82, 2.24) is 19.7 Å². The lowest BCUT2D eigenvalue weighted by Crippen LogP contribution is -2.48. The second kappa shape index (κ2) is 8.63. The predicted octanol–water partition coefficient (Wildman–Crippen LogP) is 3.47. The number of carbonyl (C=O) groups excluding carboxylic acids is 2. The zero-order valence-electron chi connectivity index (χ0n) is 19.2. The van der Waals surface area contributed by atoms with Crippen LogP contribution in [0.5, 0.6) is 5.88 Å². The SMILES string of the molecule is CCOC(=O)c1nn(CC(=O)N2CC[C@H](Oc3ncccc3Cl)C[C@@H]2C)c2c1C1C(C2)[C@H]1C. The van der Waals surface area contributed by atoms with Crippen LogP contribution in [-0.4, -0.2) is 56.8 Å². The van der Waals surface area contributed by atoms with E-state index >= 15 is 0 Å². The quantitative estimate of drug-likeness (QED) is 0.598. The lowest BCUT2D eigenvalue weighted by molar-refractivity contribution is -0.136. The minimum Gasteiger partial charge on any atom is -0.473 e. The van der Waals surface area contributed by atoms with Crippen LogP contribution in [0.1, 0.15) is 61.3 Å². The molecule has 2 aromatic heterocycles. The van der Waals surface area contributed by atoms with Crippen LogP contribution in [-0.2, 0) is 22.5 Å². The fraction of sp³-hybridized carbons (Fsp3) is 0.583. The average molecular weight is 473 g/mol. The zero-order chi connectivity index (χ0) is 23.3. The predicted molar refractivity (Wildman–Crippen MR) is 121 cm³/mol. The van der Waals surface area contributed by atoms with Crippen LogP contribution in [0.25, 0.3) is 0 Å². The van der Waals surface area contributed by atoms with Gasteiger partial charge in [-0.15, -0.1) is 0 Å². The van der Waals surface area contributed by atoms with Gasteiger partial charge in [-0.3, -0.25) is 9.48 Å². The zero-order valence-corrected chi connectivity index (χ0v) is 19.9. The molecule has 3 heterocycles. The smallest absolute Gasteiger partial charge is 0.359 e. The number of aromatic nitrogens is 3. The summed E-state index contributed by atoms with van der Waals surface area (Å²) in [4.78, 5) is 31.8. The molecule has 1 aliphatic heterocycles. The number of carbonyl (C=O) groups is 2. The molecule has 0 N–H and O–H groups in total. The van der Waals surface area contributed by atoms with E-state index in [1.165, 1.54) is 0 Å². The molecule has 5 rings (SSSR count). The van der Waals surface area contributed by atoms with Gasteiger partial charge in [-0.2, -0.15) is 5.10 Å². The second-order valence-corrected chi connectivity index (χ2v) is 9.74. The fourth-order valence-electron chi connectivity index (χ4n) is 5.56. The van der Waals surface area contributed by atoms with E-state index in [1.807, 2.05) is 11.8 Å². The number of pyridine rings is 1. The van der Waals surface area contributed by atoms with Gasteiger partial charge in [0, 0.05) is 42.9 Å². The molecular weight excluding hydrogens is 444 g/mol. The number of ether oxygens (including phenoxy) is 2. The Balaban J connectivity index is 1.27. The van der Waals surface area contributed by atoms with Gasteiger partial charge in [-0.1, -0.05) is 18.5 Å². The molecule has 9 heteroatoms. The third-order valence-electron chi connectivity index (χ3n) is 7.33. The minimum absolute atomic E-state index is 0.00569. The molecule has 0 spiro atoms. The second-order valence-electron chi connectivity index (χ2n) is 9.33. The Labute approximate surface area is 198 Å². The van der Waals surface area contributed by atoms with Crippen molar-refractivity contribution in [3.8, 4) is 5.88 Å². The molecule has 2 fully saturated rings. The van der Waals surface area contributed by atoms with Crippen molar-refractivity contribution in [1.29, 1.82) is 0 Å². The molecular formula is C24H29ClN4O4. The number of hydrogen-bond acceptors (Lipinski definition) is 6. The Bertz CT molecular complexity index is 1090. The van der Waals surface area contributed by atoms with Crippen LogP contribution in [0.15, 0.2) is 18.3 Å². The van der Waals surface area contributed by atoms with Crippen molar-refractivity contribution in [3.63, 3.8) is 0 Å². The standard InChI is InChI=1S/C24H29ClN4O4/c1-4-32-24(31)22-21-18(11-16-14(3)20(16)21)29(27-22)12-19(30)28-9-7-15(10-13(28)2)33-23-17(25)6-5-8-26-23/h5-6,8,13-16,20H,4,7,9-12H2,1-3H3/t13-,14+,15-,16?,20?/m0/s1. The van der Waals surface area contributed by atoms with Crippen molar-refractivity contribution < 1.29 is 19.1 Å². The third kappa shape index (κ3) is 3.98. The summed E-state index contributed by atoms with van der Waals surface area (Å²) in [7, 11) is 0. The molecule has 5 atom stereocenters. The largest absolute Gasteiger partial charge is 0.473 e. The summed E-state index contributed by atoms with van der Waals surface area (Å²) in [6.45, 7) is 7.06. The van der Waals surface area contributed by atoms with E-state index in [0.29, 0.717) is 60.3 Å². The molecule has 0 radical (unpaired) electrons. The Morgan fingerprint density at radius 1 is 1.30 bits per heavy atom. The number of rotatable bonds is 6. The Kier molecular flexibility index (Phi) is 5.80.